The van der Waals surface area contributed by atoms with Crippen LogP contribution in [0.15, 0.2) is 24.3 Å². The van der Waals surface area contributed by atoms with Gasteiger partial charge in [0.15, 0.2) is 0 Å². The number of benzene rings is 1. The molecule has 110 valence electrons. The van der Waals surface area contributed by atoms with Gasteiger partial charge in [0.2, 0.25) is 5.91 Å². The Labute approximate surface area is 140 Å². The Morgan fingerprint density at radius 3 is 2.33 bits per heavy atom. The first-order valence-corrected chi connectivity index (χ1v) is 7.65. The van der Waals surface area contributed by atoms with Crippen molar-refractivity contribution in [2.75, 3.05) is 10.6 Å². The van der Waals surface area contributed by atoms with E-state index in [1.807, 2.05) is 0 Å². The van der Waals surface area contributed by atoms with Crippen molar-refractivity contribution in [1.82, 2.24) is 0 Å². The molecule has 0 radical (unpaired) electrons. The van der Waals surface area contributed by atoms with E-state index in [2.05, 4.69) is 10.6 Å². The summed E-state index contributed by atoms with van der Waals surface area (Å²) in [5.74, 6) is -0.693. The molecular weight excluding hydrogens is 355 g/mol. The van der Waals surface area contributed by atoms with Crippen LogP contribution in [0.4, 0.5) is 11.4 Å². The van der Waals surface area contributed by atoms with Crippen LogP contribution in [-0.4, -0.2) is 11.8 Å². The third-order valence-electron chi connectivity index (χ3n) is 2.44. The van der Waals surface area contributed by atoms with Crippen LogP contribution >= 0.6 is 46.1 Å². The number of carbonyl (C=O) groups is 2. The van der Waals surface area contributed by atoms with Crippen molar-refractivity contribution in [2.45, 2.75) is 6.92 Å². The monoisotopic (exact) mass is 362 g/mol. The molecule has 0 unspecified atom stereocenters. The molecule has 0 aliphatic heterocycles. The standard InChI is InChI=1S/C13H9Cl3N2O2S/c1-6(19)17-9-3-2-7(14)4-10(9)18-13(20)8-5-11(15)21-12(8)16/h2-5H,1H3,(H,17,19)(H,18,20). The van der Waals surface area contributed by atoms with Crippen molar-refractivity contribution < 1.29 is 9.59 Å². The molecule has 2 amide bonds. The lowest BCUT2D eigenvalue weighted by molar-refractivity contribution is -0.114. The average Bonchev–Trinajstić information content (AvgIpc) is 2.71. The van der Waals surface area contributed by atoms with E-state index in [0.717, 1.165) is 11.3 Å². The highest BCUT2D eigenvalue weighted by atomic mass is 35.5. The lowest BCUT2D eigenvalue weighted by Gasteiger charge is -2.11. The molecule has 8 heteroatoms. The molecule has 21 heavy (non-hydrogen) atoms. The molecule has 2 N–H and O–H groups in total. The molecule has 0 saturated heterocycles. The van der Waals surface area contributed by atoms with Gasteiger partial charge in [-0.05, 0) is 24.3 Å². The minimum atomic E-state index is -0.433. The highest BCUT2D eigenvalue weighted by Gasteiger charge is 2.16. The number of anilines is 2. The van der Waals surface area contributed by atoms with Crippen LogP contribution in [0.3, 0.4) is 0 Å². The zero-order chi connectivity index (χ0) is 15.6. The summed E-state index contributed by atoms with van der Waals surface area (Å²) in [5.41, 5.74) is 1.08. The molecule has 2 rings (SSSR count). The van der Waals surface area contributed by atoms with E-state index in [4.69, 9.17) is 34.8 Å². The summed E-state index contributed by atoms with van der Waals surface area (Å²) in [4.78, 5) is 23.4. The largest absolute Gasteiger partial charge is 0.325 e. The second kappa shape index (κ2) is 6.66. The smallest absolute Gasteiger partial charge is 0.258 e. The van der Waals surface area contributed by atoms with Gasteiger partial charge in [0.25, 0.3) is 5.91 Å². The Morgan fingerprint density at radius 2 is 1.76 bits per heavy atom. The number of rotatable bonds is 3. The van der Waals surface area contributed by atoms with Crippen molar-refractivity contribution in [3.63, 3.8) is 0 Å². The summed E-state index contributed by atoms with van der Waals surface area (Å²) in [6.45, 7) is 1.37. The van der Waals surface area contributed by atoms with Gasteiger partial charge < -0.3 is 10.6 Å². The third kappa shape index (κ3) is 4.11. The summed E-state index contributed by atoms with van der Waals surface area (Å²) < 4.78 is 0.707. The number of halogens is 3. The molecule has 2 aromatic rings. The van der Waals surface area contributed by atoms with Gasteiger partial charge in [-0.3, -0.25) is 9.59 Å². The van der Waals surface area contributed by atoms with Gasteiger partial charge in [-0.2, -0.15) is 0 Å². The second-order valence-electron chi connectivity index (χ2n) is 4.06. The van der Waals surface area contributed by atoms with E-state index in [1.54, 1.807) is 12.1 Å². The lowest BCUT2D eigenvalue weighted by atomic mass is 10.2. The van der Waals surface area contributed by atoms with Crippen molar-refractivity contribution in [3.8, 4) is 0 Å². The number of carbonyl (C=O) groups excluding carboxylic acids is 2. The second-order valence-corrected chi connectivity index (χ2v) is 6.79. The fourth-order valence-corrected chi connectivity index (χ4v) is 3.23. The Morgan fingerprint density at radius 1 is 1.05 bits per heavy atom. The fraction of sp³-hybridized carbons (Fsp3) is 0.0769. The maximum Gasteiger partial charge on any atom is 0.258 e. The molecule has 0 aliphatic rings. The van der Waals surface area contributed by atoms with E-state index in [0.29, 0.717) is 25.1 Å². The number of nitrogens with one attached hydrogen (secondary N) is 2. The number of thiophene rings is 1. The maximum absolute atomic E-state index is 12.2. The predicted octanol–water partition coefficient (Wildman–Crippen LogP) is 4.92. The van der Waals surface area contributed by atoms with Crippen LogP contribution in [0.1, 0.15) is 17.3 Å². The normalized spacial score (nSPS) is 10.3. The minimum absolute atomic E-state index is 0.260. The first kappa shape index (κ1) is 16.1. The Balaban J connectivity index is 2.30. The SMILES string of the molecule is CC(=O)Nc1ccc(Cl)cc1NC(=O)c1cc(Cl)sc1Cl. The summed E-state index contributed by atoms with van der Waals surface area (Å²) in [6, 6.07) is 6.22. The molecule has 4 nitrogen and oxygen atoms in total. The van der Waals surface area contributed by atoms with Crippen LogP contribution in [0.2, 0.25) is 13.7 Å². The van der Waals surface area contributed by atoms with Crippen LogP contribution < -0.4 is 10.6 Å². The van der Waals surface area contributed by atoms with Crippen molar-refractivity contribution >= 4 is 69.3 Å². The van der Waals surface area contributed by atoms with Gasteiger partial charge in [-0.1, -0.05) is 34.8 Å². The first-order chi connectivity index (χ1) is 9.86. The molecule has 0 saturated carbocycles. The number of hydrogen-bond acceptors (Lipinski definition) is 3. The Hall–Kier alpha value is -1.27. The average molecular weight is 364 g/mol. The quantitative estimate of drug-likeness (QED) is 0.813. The molecule has 1 aromatic heterocycles. The van der Waals surface area contributed by atoms with Crippen LogP contribution in [0.5, 0.6) is 0 Å². The fourth-order valence-electron chi connectivity index (χ4n) is 1.60. The summed E-state index contributed by atoms with van der Waals surface area (Å²) in [5, 5.41) is 5.69. The summed E-state index contributed by atoms with van der Waals surface area (Å²) in [7, 11) is 0. The molecule has 0 spiro atoms. The van der Waals surface area contributed by atoms with Crippen molar-refractivity contribution in [3.05, 3.63) is 43.5 Å². The molecule has 0 bridgehead atoms. The summed E-state index contributed by atoms with van der Waals surface area (Å²) in [6.07, 6.45) is 0. The van der Waals surface area contributed by atoms with E-state index in [1.165, 1.54) is 19.1 Å². The van der Waals surface area contributed by atoms with E-state index >= 15 is 0 Å². The van der Waals surface area contributed by atoms with Crippen LogP contribution in [-0.2, 0) is 4.79 Å². The maximum atomic E-state index is 12.2. The van der Waals surface area contributed by atoms with Crippen molar-refractivity contribution in [1.29, 1.82) is 0 Å². The van der Waals surface area contributed by atoms with Gasteiger partial charge >= 0.3 is 0 Å². The molecule has 0 aliphatic carbocycles. The molecule has 1 aromatic carbocycles. The molecule has 0 fully saturated rings. The van der Waals surface area contributed by atoms with Gasteiger partial charge in [0.05, 0.1) is 21.3 Å². The molecular formula is C13H9Cl3N2O2S. The van der Waals surface area contributed by atoms with E-state index < -0.39 is 5.91 Å². The van der Waals surface area contributed by atoms with Crippen LogP contribution in [0.25, 0.3) is 0 Å². The van der Waals surface area contributed by atoms with E-state index in [-0.39, 0.29) is 11.5 Å². The lowest BCUT2D eigenvalue weighted by Crippen LogP contribution is -2.14. The summed E-state index contributed by atoms with van der Waals surface area (Å²) >= 11 is 18.8. The number of hydrogen-bond donors (Lipinski definition) is 2. The first-order valence-electron chi connectivity index (χ1n) is 5.70. The third-order valence-corrected chi connectivity index (χ3v) is 4.16. The highest BCUT2D eigenvalue weighted by molar-refractivity contribution is 7.20. The zero-order valence-corrected chi connectivity index (χ0v) is 13.8. The van der Waals surface area contributed by atoms with Gasteiger partial charge in [0, 0.05) is 11.9 Å². The molecule has 0 atom stereocenters. The van der Waals surface area contributed by atoms with E-state index in [9.17, 15) is 9.59 Å². The van der Waals surface area contributed by atoms with Crippen molar-refractivity contribution in [2.24, 2.45) is 0 Å². The number of amides is 2. The minimum Gasteiger partial charge on any atom is -0.325 e. The zero-order valence-electron chi connectivity index (χ0n) is 10.7. The molecule has 1 heterocycles. The van der Waals surface area contributed by atoms with Gasteiger partial charge in [-0.25, -0.2) is 0 Å². The van der Waals surface area contributed by atoms with Gasteiger partial charge in [0.1, 0.15) is 4.34 Å². The predicted molar refractivity (Wildman–Crippen MR) is 88.0 cm³/mol. The Kier molecular flexibility index (Phi) is 5.11. The topological polar surface area (TPSA) is 58.2 Å². The highest BCUT2D eigenvalue weighted by Crippen LogP contribution is 2.33. The van der Waals surface area contributed by atoms with Gasteiger partial charge in [-0.15, -0.1) is 11.3 Å². The Bertz CT molecular complexity index is 715. The van der Waals surface area contributed by atoms with Crippen LogP contribution in [0, 0.1) is 0 Å².